The van der Waals surface area contributed by atoms with Crippen LogP contribution in [0.1, 0.15) is 0 Å². The molecule has 1 aromatic carbocycles. The summed E-state index contributed by atoms with van der Waals surface area (Å²) in [5.41, 5.74) is 0.749. The van der Waals surface area contributed by atoms with Gasteiger partial charge in [0.2, 0.25) is 5.91 Å². The van der Waals surface area contributed by atoms with Crippen LogP contribution in [0.4, 0.5) is 5.69 Å². The summed E-state index contributed by atoms with van der Waals surface area (Å²) >= 11 is 3.32. The maximum absolute atomic E-state index is 11.5. The highest BCUT2D eigenvalue weighted by Crippen LogP contribution is 2.13. The summed E-state index contributed by atoms with van der Waals surface area (Å²) in [6.07, 6.45) is 0. The summed E-state index contributed by atoms with van der Waals surface area (Å²) in [6.45, 7) is 0.456. The minimum Gasteiger partial charge on any atom is -0.325 e. The van der Waals surface area contributed by atoms with Crippen LogP contribution in [-0.2, 0) is 4.79 Å². The van der Waals surface area contributed by atoms with Crippen LogP contribution in [0.15, 0.2) is 28.7 Å². The van der Waals surface area contributed by atoms with Gasteiger partial charge in [-0.15, -0.1) is 0 Å². The van der Waals surface area contributed by atoms with E-state index in [1.165, 1.54) is 0 Å². The Hall–Kier alpha value is -1.38. The molecule has 0 spiro atoms. The van der Waals surface area contributed by atoms with Crippen LogP contribution in [0.2, 0.25) is 0 Å². The molecule has 0 aromatic heterocycles. The van der Waals surface area contributed by atoms with Crippen molar-refractivity contribution in [1.82, 2.24) is 4.90 Å². The molecule has 1 aromatic rings. The molecule has 1 amide bonds. The second-order valence-electron chi connectivity index (χ2n) is 3.39. The number of amides is 1. The van der Waals surface area contributed by atoms with Crippen LogP contribution in [0, 0.1) is 11.3 Å². The van der Waals surface area contributed by atoms with Gasteiger partial charge < -0.3 is 5.32 Å². The van der Waals surface area contributed by atoms with Crippen molar-refractivity contribution < 1.29 is 4.79 Å². The predicted octanol–water partition coefficient (Wildman–Crippen LogP) is 1.84. The summed E-state index contributed by atoms with van der Waals surface area (Å²) in [5.74, 6) is -0.125. The third-order valence-electron chi connectivity index (χ3n) is 1.88. The topological polar surface area (TPSA) is 56.1 Å². The third-order valence-corrected chi connectivity index (χ3v) is 2.41. The summed E-state index contributed by atoms with van der Waals surface area (Å²) in [5, 5.41) is 11.2. The van der Waals surface area contributed by atoms with Crippen molar-refractivity contribution in [3.8, 4) is 6.07 Å². The molecule has 1 N–H and O–H groups in total. The Morgan fingerprint density at radius 1 is 1.50 bits per heavy atom. The van der Waals surface area contributed by atoms with Gasteiger partial charge in [0.15, 0.2) is 0 Å². The lowest BCUT2D eigenvalue weighted by molar-refractivity contribution is -0.116. The number of hydrogen-bond donors (Lipinski definition) is 1. The fourth-order valence-corrected chi connectivity index (χ4v) is 1.42. The van der Waals surface area contributed by atoms with Gasteiger partial charge in [-0.25, -0.2) is 0 Å². The molecule has 0 unspecified atom stereocenters. The van der Waals surface area contributed by atoms with Crippen LogP contribution < -0.4 is 5.32 Å². The number of rotatable bonds is 4. The lowest BCUT2D eigenvalue weighted by Gasteiger charge is -2.12. The lowest BCUT2D eigenvalue weighted by Crippen LogP contribution is -2.30. The van der Waals surface area contributed by atoms with E-state index in [2.05, 4.69) is 21.2 Å². The number of halogens is 1. The summed E-state index contributed by atoms with van der Waals surface area (Å²) in [6, 6.07) is 9.32. The molecule has 0 aliphatic rings. The van der Waals surface area contributed by atoms with Crippen molar-refractivity contribution in [2.75, 3.05) is 25.5 Å². The van der Waals surface area contributed by atoms with Gasteiger partial charge in [0.1, 0.15) is 0 Å². The Morgan fingerprint density at radius 2 is 2.12 bits per heavy atom. The maximum Gasteiger partial charge on any atom is 0.238 e. The third kappa shape index (κ3) is 4.43. The molecule has 0 bridgehead atoms. The quantitative estimate of drug-likeness (QED) is 0.857. The van der Waals surface area contributed by atoms with Gasteiger partial charge in [-0.2, -0.15) is 5.26 Å². The van der Waals surface area contributed by atoms with Crippen molar-refractivity contribution in [3.63, 3.8) is 0 Å². The lowest BCUT2D eigenvalue weighted by atomic mass is 10.3. The van der Waals surface area contributed by atoms with E-state index in [1.807, 2.05) is 30.3 Å². The molecule has 0 radical (unpaired) electrons. The van der Waals surface area contributed by atoms with Crippen LogP contribution in [0.5, 0.6) is 0 Å². The first-order valence-corrected chi connectivity index (χ1v) is 5.52. The van der Waals surface area contributed by atoms with Gasteiger partial charge >= 0.3 is 0 Å². The molecule has 0 atom stereocenters. The Bertz CT molecular complexity index is 397. The van der Waals surface area contributed by atoms with Gasteiger partial charge in [-0.05, 0) is 31.3 Å². The van der Waals surface area contributed by atoms with Crippen molar-refractivity contribution in [3.05, 3.63) is 28.7 Å². The minimum absolute atomic E-state index is 0.125. The average molecular weight is 282 g/mol. The van der Waals surface area contributed by atoms with E-state index in [-0.39, 0.29) is 19.0 Å². The molecule has 0 heterocycles. The highest BCUT2D eigenvalue weighted by Gasteiger charge is 2.05. The highest BCUT2D eigenvalue weighted by atomic mass is 79.9. The smallest absolute Gasteiger partial charge is 0.238 e. The van der Waals surface area contributed by atoms with Crippen molar-refractivity contribution >= 4 is 27.5 Å². The summed E-state index contributed by atoms with van der Waals surface area (Å²) in [4.78, 5) is 13.2. The highest BCUT2D eigenvalue weighted by molar-refractivity contribution is 9.10. The molecule has 0 fully saturated rings. The first-order chi connectivity index (χ1) is 7.61. The largest absolute Gasteiger partial charge is 0.325 e. The van der Waals surface area contributed by atoms with Crippen LogP contribution in [0.3, 0.4) is 0 Å². The molecule has 0 saturated heterocycles. The molecule has 0 saturated carbocycles. The maximum atomic E-state index is 11.5. The number of carbonyl (C=O) groups excluding carboxylic acids is 1. The molecule has 5 heteroatoms. The van der Waals surface area contributed by atoms with Gasteiger partial charge in [-0.3, -0.25) is 9.69 Å². The molecular formula is C11H12BrN3O. The number of hydrogen-bond acceptors (Lipinski definition) is 3. The van der Waals surface area contributed by atoms with E-state index < -0.39 is 0 Å². The Morgan fingerprint density at radius 3 is 2.69 bits per heavy atom. The number of nitriles is 1. The van der Waals surface area contributed by atoms with E-state index in [0.717, 1.165) is 10.2 Å². The van der Waals surface area contributed by atoms with Crippen LogP contribution in [-0.4, -0.2) is 30.9 Å². The summed E-state index contributed by atoms with van der Waals surface area (Å²) in [7, 11) is 1.73. The molecule has 84 valence electrons. The van der Waals surface area contributed by atoms with Crippen molar-refractivity contribution in [2.45, 2.75) is 0 Å². The zero-order chi connectivity index (χ0) is 12.0. The van der Waals surface area contributed by atoms with E-state index in [1.54, 1.807) is 11.9 Å². The Balaban J connectivity index is 2.46. The van der Waals surface area contributed by atoms with E-state index in [4.69, 9.17) is 5.26 Å². The van der Waals surface area contributed by atoms with Crippen molar-refractivity contribution in [1.29, 1.82) is 5.26 Å². The SMILES string of the molecule is CN(CC#N)CC(=O)Nc1ccc(Br)cc1. The zero-order valence-corrected chi connectivity index (χ0v) is 10.5. The molecule has 16 heavy (non-hydrogen) atoms. The normalized spacial score (nSPS) is 9.88. The second-order valence-corrected chi connectivity index (χ2v) is 4.30. The molecular weight excluding hydrogens is 270 g/mol. The van der Waals surface area contributed by atoms with Gasteiger partial charge in [0, 0.05) is 10.2 Å². The number of likely N-dealkylation sites (N-methyl/N-ethyl adjacent to an activating group) is 1. The van der Waals surface area contributed by atoms with E-state index in [9.17, 15) is 4.79 Å². The first-order valence-electron chi connectivity index (χ1n) is 4.72. The molecule has 0 aliphatic carbocycles. The first kappa shape index (κ1) is 12.7. The number of carbonyl (C=O) groups is 1. The van der Waals surface area contributed by atoms with Crippen LogP contribution in [0.25, 0.3) is 0 Å². The van der Waals surface area contributed by atoms with Gasteiger partial charge in [0.05, 0.1) is 19.2 Å². The number of anilines is 1. The van der Waals surface area contributed by atoms with E-state index in [0.29, 0.717) is 0 Å². The predicted molar refractivity (Wildman–Crippen MR) is 65.9 cm³/mol. The van der Waals surface area contributed by atoms with Crippen molar-refractivity contribution in [2.24, 2.45) is 0 Å². The minimum atomic E-state index is -0.125. The van der Waals surface area contributed by atoms with E-state index >= 15 is 0 Å². The molecule has 0 aliphatic heterocycles. The summed E-state index contributed by atoms with van der Waals surface area (Å²) < 4.78 is 0.965. The monoisotopic (exact) mass is 281 g/mol. The Labute approximate surface area is 103 Å². The zero-order valence-electron chi connectivity index (χ0n) is 8.90. The standard InChI is InChI=1S/C11H12BrN3O/c1-15(7-6-13)8-11(16)14-10-4-2-9(12)3-5-10/h2-5H,7-8H2,1H3,(H,14,16). The fourth-order valence-electron chi connectivity index (χ4n) is 1.16. The molecule has 1 rings (SSSR count). The fraction of sp³-hybridized carbons (Fsp3) is 0.273. The van der Waals surface area contributed by atoms with Gasteiger partial charge in [-0.1, -0.05) is 15.9 Å². The molecule has 4 nitrogen and oxygen atoms in total. The van der Waals surface area contributed by atoms with Gasteiger partial charge in [0.25, 0.3) is 0 Å². The second kappa shape index (κ2) is 6.26. The average Bonchev–Trinajstić information content (AvgIpc) is 2.21. The Kier molecular flexibility index (Phi) is 4.96. The number of nitrogens with zero attached hydrogens (tertiary/aromatic N) is 2. The number of benzene rings is 1. The number of nitrogens with one attached hydrogen (secondary N) is 1. The van der Waals surface area contributed by atoms with Crippen LogP contribution >= 0.6 is 15.9 Å².